The van der Waals surface area contributed by atoms with Gasteiger partial charge in [-0.15, -0.1) is 0 Å². The fourth-order valence-electron chi connectivity index (χ4n) is 2.23. The van der Waals surface area contributed by atoms with Crippen molar-refractivity contribution in [3.63, 3.8) is 0 Å². The van der Waals surface area contributed by atoms with Gasteiger partial charge in [-0.25, -0.2) is 0 Å². The quantitative estimate of drug-likeness (QED) is 0.761. The summed E-state index contributed by atoms with van der Waals surface area (Å²) in [6, 6.07) is 16.7. The minimum atomic E-state index is -0.0338. The van der Waals surface area contributed by atoms with Gasteiger partial charge in [-0.2, -0.15) is 0 Å². The van der Waals surface area contributed by atoms with Gasteiger partial charge in [0.25, 0.3) is 0 Å². The van der Waals surface area contributed by atoms with Crippen molar-refractivity contribution in [1.29, 1.82) is 0 Å². The Morgan fingerprint density at radius 3 is 2.37 bits per heavy atom. The Morgan fingerprint density at radius 1 is 0.947 bits per heavy atom. The van der Waals surface area contributed by atoms with Crippen LogP contribution in [0.25, 0.3) is 22.1 Å². The lowest BCUT2D eigenvalue weighted by molar-refractivity contribution is 0.541. The molecule has 19 heavy (non-hydrogen) atoms. The van der Waals surface area contributed by atoms with Crippen LogP contribution in [0.4, 0.5) is 0 Å². The summed E-state index contributed by atoms with van der Waals surface area (Å²) in [7, 11) is 0. The molecule has 0 aliphatic rings. The molecular formula is C16H13NO2. The summed E-state index contributed by atoms with van der Waals surface area (Å²) >= 11 is 0. The molecule has 2 N–H and O–H groups in total. The molecule has 0 fully saturated rings. The first-order valence-electron chi connectivity index (χ1n) is 6.11. The van der Waals surface area contributed by atoms with Crippen molar-refractivity contribution >= 4 is 11.0 Å². The number of rotatable bonds is 2. The standard InChI is InChI=1S/C16H13NO2/c17-10-14-15(11-6-2-1-3-7-11)16(18)12-8-4-5-9-13(12)19-14/h1-9H,10,17H2. The third-order valence-electron chi connectivity index (χ3n) is 3.12. The Kier molecular flexibility index (Phi) is 2.89. The first-order valence-corrected chi connectivity index (χ1v) is 6.11. The Hall–Kier alpha value is -2.39. The third kappa shape index (κ3) is 1.94. The maximum atomic E-state index is 12.6. The monoisotopic (exact) mass is 251 g/mol. The Balaban J connectivity index is 2.41. The van der Waals surface area contributed by atoms with E-state index in [0.717, 1.165) is 5.56 Å². The highest BCUT2D eigenvalue weighted by atomic mass is 16.3. The molecule has 1 heterocycles. The van der Waals surface area contributed by atoms with E-state index in [0.29, 0.717) is 22.3 Å². The Labute approximate surface area is 110 Å². The van der Waals surface area contributed by atoms with Gasteiger partial charge in [0.1, 0.15) is 11.3 Å². The van der Waals surface area contributed by atoms with E-state index in [-0.39, 0.29) is 12.0 Å². The van der Waals surface area contributed by atoms with E-state index in [1.807, 2.05) is 42.5 Å². The molecule has 0 amide bonds. The van der Waals surface area contributed by atoms with Gasteiger partial charge in [-0.1, -0.05) is 42.5 Å². The topological polar surface area (TPSA) is 56.2 Å². The van der Waals surface area contributed by atoms with Crippen LogP contribution in [0, 0.1) is 0 Å². The molecule has 2 aromatic carbocycles. The van der Waals surface area contributed by atoms with Crippen molar-refractivity contribution in [3.8, 4) is 11.1 Å². The first-order chi connectivity index (χ1) is 9.31. The van der Waals surface area contributed by atoms with E-state index in [9.17, 15) is 4.79 Å². The second-order valence-corrected chi connectivity index (χ2v) is 4.30. The molecule has 3 nitrogen and oxygen atoms in total. The van der Waals surface area contributed by atoms with Crippen molar-refractivity contribution in [2.75, 3.05) is 0 Å². The maximum Gasteiger partial charge on any atom is 0.200 e. The van der Waals surface area contributed by atoms with Crippen LogP contribution in [0.3, 0.4) is 0 Å². The second kappa shape index (κ2) is 4.71. The molecule has 0 aliphatic carbocycles. The van der Waals surface area contributed by atoms with Gasteiger partial charge >= 0.3 is 0 Å². The molecule has 0 bridgehead atoms. The zero-order valence-corrected chi connectivity index (χ0v) is 10.3. The van der Waals surface area contributed by atoms with E-state index in [1.165, 1.54) is 0 Å². The van der Waals surface area contributed by atoms with Crippen molar-refractivity contribution < 1.29 is 4.42 Å². The number of benzene rings is 2. The lowest BCUT2D eigenvalue weighted by Crippen LogP contribution is -2.11. The molecule has 3 aromatic rings. The summed E-state index contributed by atoms with van der Waals surface area (Å²) in [6.45, 7) is 0.199. The molecule has 0 aliphatic heterocycles. The average Bonchev–Trinajstić information content (AvgIpc) is 2.48. The predicted octanol–water partition coefficient (Wildman–Crippen LogP) is 2.92. The van der Waals surface area contributed by atoms with E-state index < -0.39 is 0 Å². The lowest BCUT2D eigenvalue weighted by Gasteiger charge is -2.08. The number of hydrogen-bond acceptors (Lipinski definition) is 3. The van der Waals surface area contributed by atoms with Crippen molar-refractivity contribution in [2.24, 2.45) is 5.73 Å². The SMILES string of the molecule is NCc1oc2ccccc2c(=O)c1-c1ccccc1. The smallest absolute Gasteiger partial charge is 0.200 e. The van der Waals surface area contributed by atoms with E-state index in [2.05, 4.69) is 0 Å². The van der Waals surface area contributed by atoms with Crippen LogP contribution in [0.15, 0.2) is 63.8 Å². The summed E-state index contributed by atoms with van der Waals surface area (Å²) in [5.74, 6) is 0.523. The molecule has 0 spiro atoms. The molecule has 0 atom stereocenters. The predicted molar refractivity (Wildman–Crippen MR) is 75.8 cm³/mol. The van der Waals surface area contributed by atoms with Crippen molar-refractivity contribution in [2.45, 2.75) is 6.54 Å². The zero-order chi connectivity index (χ0) is 13.2. The van der Waals surface area contributed by atoms with Crippen LogP contribution in [-0.2, 0) is 6.54 Å². The second-order valence-electron chi connectivity index (χ2n) is 4.30. The van der Waals surface area contributed by atoms with E-state index >= 15 is 0 Å². The molecule has 0 saturated carbocycles. The molecule has 1 aromatic heterocycles. The fraction of sp³-hybridized carbons (Fsp3) is 0.0625. The van der Waals surface area contributed by atoms with Gasteiger partial charge in [0.2, 0.25) is 5.43 Å². The number of nitrogens with two attached hydrogens (primary N) is 1. The van der Waals surface area contributed by atoms with Crippen LogP contribution in [-0.4, -0.2) is 0 Å². The molecule has 0 unspecified atom stereocenters. The largest absolute Gasteiger partial charge is 0.459 e. The van der Waals surface area contributed by atoms with Gasteiger partial charge in [-0.3, -0.25) is 4.79 Å². The Bertz CT molecular complexity index is 776. The molecule has 3 rings (SSSR count). The fourth-order valence-corrected chi connectivity index (χ4v) is 2.23. The van der Waals surface area contributed by atoms with Gasteiger partial charge < -0.3 is 10.2 Å². The van der Waals surface area contributed by atoms with Crippen LogP contribution >= 0.6 is 0 Å². The maximum absolute atomic E-state index is 12.6. The van der Waals surface area contributed by atoms with Gasteiger partial charge in [0.15, 0.2) is 0 Å². The van der Waals surface area contributed by atoms with Crippen molar-refractivity contribution in [1.82, 2.24) is 0 Å². The summed E-state index contributed by atoms with van der Waals surface area (Å²) in [5, 5.41) is 0.582. The van der Waals surface area contributed by atoms with Crippen LogP contribution in [0.5, 0.6) is 0 Å². The highest BCUT2D eigenvalue weighted by Gasteiger charge is 2.14. The van der Waals surface area contributed by atoms with Crippen LogP contribution in [0.1, 0.15) is 5.76 Å². The summed E-state index contributed by atoms with van der Waals surface area (Å²) in [5.41, 5.74) is 7.65. The summed E-state index contributed by atoms with van der Waals surface area (Å²) < 4.78 is 5.75. The highest BCUT2D eigenvalue weighted by molar-refractivity contribution is 5.82. The van der Waals surface area contributed by atoms with Crippen molar-refractivity contribution in [3.05, 3.63) is 70.6 Å². The van der Waals surface area contributed by atoms with E-state index in [1.54, 1.807) is 12.1 Å². The van der Waals surface area contributed by atoms with Crippen LogP contribution in [0.2, 0.25) is 0 Å². The van der Waals surface area contributed by atoms with Gasteiger partial charge in [0, 0.05) is 0 Å². The minimum Gasteiger partial charge on any atom is -0.459 e. The minimum absolute atomic E-state index is 0.0338. The molecule has 0 saturated heterocycles. The van der Waals surface area contributed by atoms with Crippen LogP contribution < -0.4 is 11.2 Å². The summed E-state index contributed by atoms with van der Waals surface area (Å²) in [4.78, 5) is 12.6. The molecular weight excluding hydrogens is 238 g/mol. The average molecular weight is 251 g/mol. The zero-order valence-electron chi connectivity index (χ0n) is 10.3. The number of fused-ring (bicyclic) bond motifs is 1. The molecule has 3 heteroatoms. The molecule has 94 valence electrons. The number of para-hydroxylation sites is 1. The Morgan fingerprint density at radius 2 is 1.63 bits per heavy atom. The lowest BCUT2D eigenvalue weighted by atomic mass is 10.0. The third-order valence-corrected chi connectivity index (χ3v) is 3.12. The normalized spacial score (nSPS) is 10.8. The first kappa shape index (κ1) is 11.7. The highest BCUT2D eigenvalue weighted by Crippen LogP contribution is 2.23. The number of hydrogen-bond donors (Lipinski definition) is 1. The van der Waals surface area contributed by atoms with Gasteiger partial charge in [-0.05, 0) is 17.7 Å². The molecule has 0 radical (unpaired) electrons. The summed E-state index contributed by atoms with van der Waals surface area (Å²) in [6.07, 6.45) is 0. The van der Waals surface area contributed by atoms with Gasteiger partial charge in [0.05, 0.1) is 17.5 Å². The van der Waals surface area contributed by atoms with E-state index in [4.69, 9.17) is 10.2 Å².